The number of likely N-dealkylation sites (N-methyl/N-ethyl adjacent to an activating group) is 1. The standard InChI is InChI=1S/C25H28ClN3O3/c1-29(19-8-3-2-4-9-19)14-13-27-24(30)18-11-12-22-21(15-18)28-25(31)23(32-22)16-17-7-5-6-10-20(17)26/h5-7,10-12,15-16,19H,2-4,8-9,13-14H2,1H3,(H,27,30)(H,28,31)/b23-16-. The van der Waals surface area contributed by atoms with Gasteiger partial charge in [0.2, 0.25) is 0 Å². The lowest BCUT2D eigenvalue weighted by Crippen LogP contribution is -2.39. The first-order chi connectivity index (χ1) is 15.5. The number of anilines is 1. The summed E-state index contributed by atoms with van der Waals surface area (Å²) in [7, 11) is 2.13. The van der Waals surface area contributed by atoms with Crippen molar-refractivity contribution in [2.24, 2.45) is 0 Å². The maximum atomic E-state index is 12.6. The van der Waals surface area contributed by atoms with Crippen LogP contribution in [-0.4, -0.2) is 42.9 Å². The van der Waals surface area contributed by atoms with Crippen molar-refractivity contribution in [1.82, 2.24) is 10.2 Å². The molecule has 0 spiro atoms. The second-order valence-electron chi connectivity index (χ2n) is 8.33. The molecule has 1 saturated carbocycles. The van der Waals surface area contributed by atoms with E-state index in [0.29, 0.717) is 40.2 Å². The van der Waals surface area contributed by atoms with Gasteiger partial charge in [-0.05, 0) is 55.8 Å². The summed E-state index contributed by atoms with van der Waals surface area (Å²) < 4.78 is 5.77. The Balaban J connectivity index is 1.37. The van der Waals surface area contributed by atoms with E-state index < -0.39 is 0 Å². The van der Waals surface area contributed by atoms with Crippen molar-refractivity contribution >= 4 is 35.2 Å². The van der Waals surface area contributed by atoms with Crippen LogP contribution in [0.3, 0.4) is 0 Å². The van der Waals surface area contributed by atoms with Crippen LogP contribution in [0, 0.1) is 0 Å². The first-order valence-corrected chi connectivity index (χ1v) is 11.5. The van der Waals surface area contributed by atoms with Gasteiger partial charge in [-0.1, -0.05) is 49.1 Å². The van der Waals surface area contributed by atoms with Crippen molar-refractivity contribution in [3.63, 3.8) is 0 Å². The summed E-state index contributed by atoms with van der Waals surface area (Å²) in [6.07, 6.45) is 7.99. The fraction of sp³-hybridized carbons (Fsp3) is 0.360. The van der Waals surface area contributed by atoms with E-state index in [1.54, 1.807) is 36.4 Å². The van der Waals surface area contributed by atoms with Crippen LogP contribution in [0.2, 0.25) is 5.02 Å². The number of nitrogens with zero attached hydrogens (tertiary/aromatic N) is 1. The van der Waals surface area contributed by atoms with E-state index in [9.17, 15) is 9.59 Å². The van der Waals surface area contributed by atoms with Gasteiger partial charge >= 0.3 is 0 Å². The lowest BCUT2D eigenvalue weighted by molar-refractivity contribution is -0.115. The third-order valence-corrected chi connectivity index (χ3v) is 6.42. The molecule has 2 N–H and O–H groups in total. The van der Waals surface area contributed by atoms with Crippen molar-refractivity contribution < 1.29 is 14.3 Å². The van der Waals surface area contributed by atoms with Crippen molar-refractivity contribution in [3.8, 4) is 5.75 Å². The van der Waals surface area contributed by atoms with Gasteiger partial charge < -0.3 is 20.3 Å². The SMILES string of the molecule is CN(CCNC(=O)c1ccc2c(c1)NC(=O)/C(=C/c1ccccc1Cl)O2)C1CCCCC1. The largest absolute Gasteiger partial charge is 0.449 e. The van der Waals surface area contributed by atoms with Crippen LogP contribution in [0.1, 0.15) is 48.0 Å². The van der Waals surface area contributed by atoms with Crippen LogP contribution < -0.4 is 15.4 Å². The summed E-state index contributed by atoms with van der Waals surface area (Å²) >= 11 is 6.17. The molecule has 0 saturated heterocycles. The molecule has 4 rings (SSSR count). The molecule has 0 unspecified atom stereocenters. The summed E-state index contributed by atoms with van der Waals surface area (Å²) in [5, 5.41) is 6.30. The van der Waals surface area contributed by atoms with Gasteiger partial charge in [-0.25, -0.2) is 0 Å². The molecule has 0 atom stereocenters. The topological polar surface area (TPSA) is 70.7 Å². The predicted molar refractivity (Wildman–Crippen MR) is 127 cm³/mol. The van der Waals surface area contributed by atoms with E-state index in [4.69, 9.17) is 16.3 Å². The number of carbonyl (C=O) groups excluding carboxylic acids is 2. The minimum atomic E-state index is -0.385. The van der Waals surface area contributed by atoms with E-state index in [0.717, 1.165) is 6.54 Å². The summed E-state index contributed by atoms with van der Waals surface area (Å²) in [6, 6.07) is 12.9. The first-order valence-electron chi connectivity index (χ1n) is 11.1. The molecular formula is C25H28ClN3O3. The number of halogens is 1. The van der Waals surface area contributed by atoms with Crippen molar-refractivity contribution in [1.29, 1.82) is 0 Å². The van der Waals surface area contributed by atoms with Crippen LogP contribution in [0.25, 0.3) is 6.08 Å². The molecule has 0 aromatic heterocycles. The number of rotatable bonds is 6. The maximum Gasteiger partial charge on any atom is 0.291 e. The number of fused-ring (bicyclic) bond motifs is 1. The van der Waals surface area contributed by atoms with Crippen LogP contribution in [-0.2, 0) is 4.79 Å². The Kier molecular flexibility index (Phi) is 7.12. The summed E-state index contributed by atoms with van der Waals surface area (Å²) in [5.74, 6) is 0.0746. The van der Waals surface area contributed by atoms with Crippen LogP contribution in [0.4, 0.5) is 5.69 Å². The molecule has 1 aliphatic carbocycles. The highest BCUT2D eigenvalue weighted by molar-refractivity contribution is 6.32. The highest BCUT2D eigenvalue weighted by Crippen LogP contribution is 2.33. The van der Waals surface area contributed by atoms with Crippen molar-refractivity contribution in [2.45, 2.75) is 38.1 Å². The van der Waals surface area contributed by atoms with Gasteiger partial charge in [0.05, 0.1) is 5.69 Å². The number of carbonyl (C=O) groups is 2. The zero-order chi connectivity index (χ0) is 22.5. The maximum absolute atomic E-state index is 12.6. The molecule has 32 heavy (non-hydrogen) atoms. The van der Waals surface area contributed by atoms with Gasteiger partial charge in [0.15, 0.2) is 11.5 Å². The molecule has 2 aromatic rings. The molecule has 0 bridgehead atoms. The zero-order valence-corrected chi connectivity index (χ0v) is 19.0. The normalized spacial score (nSPS) is 17.6. The zero-order valence-electron chi connectivity index (χ0n) is 18.2. The Morgan fingerprint density at radius 2 is 2.00 bits per heavy atom. The molecule has 1 fully saturated rings. The number of amides is 2. The molecule has 2 aromatic carbocycles. The molecule has 1 aliphatic heterocycles. The first kappa shape index (κ1) is 22.4. The lowest BCUT2D eigenvalue weighted by Gasteiger charge is -2.31. The molecule has 7 heteroatoms. The van der Waals surface area contributed by atoms with Gasteiger partial charge in [-0.3, -0.25) is 9.59 Å². The molecular weight excluding hydrogens is 426 g/mol. The third-order valence-electron chi connectivity index (χ3n) is 6.07. The number of nitrogens with one attached hydrogen (secondary N) is 2. The Hall–Kier alpha value is -2.83. The summed E-state index contributed by atoms with van der Waals surface area (Å²) in [6.45, 7) is 1.40. The fourth-order valence-electron chi connectivity index (χ4n) is 4.19. The average molecular weight is 454 g/mol. The monoisotopic (exact) mass is 453 g/mol. The van der Waals surface area contributed by atoms with Gasteiger partial charge in [-0.2, -0.15) is 0 Å². The number of benzene rings is 2. The van der Waals surface area contributed by atoms with Gasteiger partial charge in [0.1, 0.15) is 0 Å². The second-order valence-corrected chi connectivity index (χ2v) is 8.73. The molecule has 0 radical (unpaired) electrons. The van der Waals surface area contributed by atoms with E-state index in [1.165, 1.54) is 32.1 Å². The van der Waals surface area contributed by atoms with Gasteiger partial charge in [-0.15, -0.1) is 0 Å². The number of hydrogen-bond donors (Lipinski definition) is 2. The Morgan fingerprint density at radius 1 is 1.22 bits per heavy atom. The lowest BCUT2D eigenvalue weighted by atomic mass is 9.94. The van der Waals surface area contributed by atoms with Gasteiger partial charge in [0.25, 0.3) is 11.8 Å². The van der Waals surface area contributed by atoms with E-state index in [2.05, 4.69) is 22.6 Å². The van der Waals surface area contributed by atoms with Crippen LogP contribution in [0.15, 0.2) is 48.2 Å². The van der Waals surface area contributed by atoms with Crippen molar-refractivity contribution in [2.75, 3.05) is 25.5 Å². The molecule has 6 nitrogen and oxygen atoms in total. The van der Waals surface area contributed by atoms with Gasteiger partial charge in [0, 0.05) is 29.7 Å². The fourth-order valence-corrected chi connectivity index (χ4v) is 4.38. The smallest absolute Gasteiger partial charge is 0.291 e. The second kappa shape index (κ2) is 10.2. The molecule has 168 valence electrons. The molecule has 2 aliphatic rings. The number of ether oxygens (including phenoxy) is 1. The van der Waals surface area contributed by atoms with E-state index >= 15 is 0 Å². The minimum absolute atomic E-state index is 0.147. The van der Waals surface area contributed by atoms with Crippen molar-refractivity contribution in [3.05, 3.63) is 64.4 Å². The Labute approximate surface area is 193 Å². The highest BCUT2D eigenvalue weighted by Gasteiger charge is 2.24. The summed E-state index contributed by atoms with van der Waals surface area (Å²) in [4.78, 5) is 27.4. The van der Waals surface area contributed by atoms with E-state index in [1.807, 2.05) is 12.1 Å². The summed E-state index contributed by atoms with van der Waals surface area (Å²) in [5.41, 5.74) is 1.64. The van der Waals surface area contributed by atoms with Crippen LogP contribution >= 0.6 is 11.6 Å². The quantitative estimate of drug-likeness (QED) is 0.621. The average Bonchev–Trinajstić information content (AvgIpc) is 2.81. The highest BCUT2D eigenvalue weighted by atomic mass is 35.5. The Bertz CT molecular complexity index is 1030. The minimum Gasteiger partial charge on any atom is -0.449 e. The van der Waals surface area contributed by atoms with E-state index in [-0.39, 0.29) is 17.6 Å². The van der Waals surface area contributed by atoms with Crippen LogP contribution in [0.5, 0.6) is 5.75 Å². The third kappa shape index (κ3) is 5.31. The Morgan fingerprint density at radius 3 is 2.78 bits per heavy atom. The predicted octanol–water partition coefficient (Wildman–Crippen LogP) is 4.71. The molecule has 2 amide bonds. The molecule has 1 heterocycles. The number of hydrogen-bond acceptors (Lipinski definition) is 4.